The lowest BCUT2D eigenvalue weighted by atomic mass is 10.3. The van der Waals surface area contributed by atoms with Crippen molar-refractivity contribution < 1.29 is 14.3 Å². The van der Waals surface area contributed by atoms with Crippen molar-refractivity contribution >= 4 is 46.5 Å². The Morgan fingerprint density at radius 1 is 1.39 bits per heavy atom. The summed E-state index contributed by atoms with van der Waals surface area (Å²) in [4.78, 5) is 28.2. The van der Waals surface area contributed by atoms with E-state index >= 15 is 0 Å². The molecule has 0 radical (unpaired) electrons. The molecule has 1 saturated heterocycles. The molecular formula is C14H19Cl2N3O3S. The summed E-state index contributed by atoms with van der Waals surface area (Å²) in [5.74, 6) is 0.0520. The number of carbonyl (C=O) groups is 2. The Labute approximate surface area is 149 Å². The Kier molecular flexibility index (Phi) is 6.92. The third kappa shape index (κ3) is 4.71. The first-order valence-corrected chi connectivity index (χ1v) is 9.05. The molecule has 1 aliphatic rings. The molecule has 0 saturated carbocycles. The van der Waals surface area contributed by atoms with E-state index in [1.54, 1.807) is 4.90 Å². The van der Waals surface area contributed by atoms with Crippen LogP contribution in [0.3, 0.4) is 0 Å². The lowest BCUT2D eigenvalue weighted by Crippen LogP contribution is -2.36. The van der Waals surface area contributed by atoms with Gasteiger partial charge in [0.1, 0.15) is 10.9 Å². The molecule has 0 N–H and O–H groups in total. The van der Waals surface area contributed by atoms with E-state index in [2.05, 4.69) is 4.37 Å². The van der Waals surface area contributed by atoms with Crippen LogP contribution in [-0.4, -0.2) is 58.6 Å². The summed E-state index contributed by atoms with van der Waals surface area (Å²) in [6, 6.07) is 0. The Morgan fingerprint density at radius 3 is 2.65 bits per heavy atom. The van der Waals surface area contributed by atoms with Crippen molar-refractivity contribution in [1.82, 2.24) is 14.2 Å². The Balaban J connectivity index is 1.97. The van der Waals surface area contributed by atoms with E-state index in [1.165, 1.54) is 18.6 Å². The Hall–Kier alpha value is -1.05. The highest BCUT2D eigenvalue weighted by molar-refractivity contribution is 7.06. The molecule has 2 rings (SSSR count). The largest absolute Gasteiger partial charge is 0.479 e. The quantitative estimate of drug-likeness (QED) is 0.682. The molecule has 1 aromatic heterocycles. The smallest absolute Gasteiger partial charge is 0.244 e. The lowest BCUT2D eigenvalue weighted by molar-refractivity contribution is -0.132. The fraction of sp³-hybridized carbons (Fsp3) is 0.643. The van der Waals surface area contributed by atoms with Gasteiger partial charge in [0.2, 0.25) is 17.7 Å². The Morgan fingerprint density at radius 2 is 2.09 bits per heavy atom. The highest BCUT2D eigenvalue weighted by atomic mass is 35.5. The van der Waals surface area contributed by atoms with Crippen LogP contribution in [0.4, 0.5) is 0 Å². The first-order chi connectivity index (χ1) is 11.1. The van der Waals surface area contributed by atoms with E-state index in [0.29, 0.717) is 17.4 Å². The van der Waals surface area contributed by atoms with Gasteiger partial charge in [-0.1, -0.05) is 11.6 Å². The van der Waals surface area contributed by atoms with E-state index < -0.39 is 0 Å². The van der Waals surface area contributed by atoms with Gasteiger partial charge in [-0.15, -0.1) is 11.6 Å². The number of amides is 2. The monoisotopic (exact) mass is 379 g/mol. The van der Waals surface area contributed by atoms with Crippen LogP contribution in [0.25, 0.3) is 0 Å². The standard InChI is InChI=1S/C14H19Cl2N3O3S/c1-22-14-13(16)10(23-17-14)9-19(12(21)8-15)7-4-11(20)18-5-2-3-6-18/h2-9H2,1H3. The first kappa shape index (κ1) is 18.3. The number of ether oxygens (including phenoxy) is 1. The summed E-state index contributed by atoms with van der Waals surface area (Å²) in [6.07, 6.45) is 2.38. The summed E-state index contributed by atoms with van der Waals surface area (Å²) >= 11 is 13.0. The average molecular weight is 380 g/mol. The molecule has 128 valence electrons. The number of carbonyl (C=O) groups excluding carboxylic acids is 2. The zero-order chi connectivity index (χ0) is 16.8. The van der Waals surface area contributed by atoms with Crippen LogP contribution in [0.15, 0.2) is 0 Å². The van der Waals surface area contributed by atoms with Gasteiger partial charge in [0.15, 0.2) is 0 Å². The number of hydrogen-bond acceptors (Lipinski definition) is 5. The maximum atomic E-state index is 12.1. The van der Waals surface area contributed by atoms with Crippen LogP contribution >= 0.6 is 34.7 Å². The van der Waals surface area contributed by atoms with Gasteiger partial charge in [0.05, 0.1) is 18.5 Å². The minimum absolute atomic E-state index is 0.0721. The molecule has 2 heterocycles. The van der Waals surface area contributed by atoms with Crippen LogP contribution in [0.1, 0.15) is 24.1 Å². The van der Waals surface area contributed by atoms with Gasteiger partial charge < -0.3 is 14.5 Å². The van der Waals surface area contributed by atoms with Gasteiger partial charge in [0.25, 0.3) is 0 Å². The molecule has 0 spiro atoms. The molecule has 6 nitrogen and oxygen atoms in total. The molecule has 0 atom stereocenters. The molecule has 1 aromatic rings. The van der Waals surface area contributed by atoms with Crippen LogP contribution < -0.4 is 4.74 Å². The van der Waals surface area contributed by atoms with Crippen molar-refractivity contribution in [3.63, 3.8) is 0 Å². The fourth-order valence-corrected chi connectivity index (χ4v) is 3.67. The predicted molar refractivity (Wildman–Crippen MR) is 90.2 cm³/mol. The SMILES string of the molecule is COc1nsc(CN(CCC(=O)N2CCCC2)C(=O)CCl)c1Cl. The lowest BCUT2D eigenvalue weighted by Gasteiger charge is -2.22. The number of halogens is 2. The topological polar surface area (TPSA) is 62.7 Å². The summed E-state index contributed by atoms with van der Waals surface area (Å²) in [5.41, 5.74) is 0. The first-order valence-electron chi connectivity index (χ1n) is 7.36. The van der Waals surface area contributed by atoms with E-state index in [9.17, 15) is 9.59 Å². The summed E-state index contributed by atoms with van der Waals surface area (Å²) in [5, 5.41) is 0.399. The molecular weight excluding hydrogens is 361 g/mol. The number of alkyl halides is 1. The molecule has 0 bridgehead atoms. The maximum absolute atomic E-state index is 12.1. The van der Waals surface area contributed by atoms with Crippen molar-refractivity contribution in [2.24, 2.45) is 0 Å². The fourth-order valence-electron chi connectivity index (χ4n) is 2.43. The van der Waals surface area contributed by atoms with Crippen LogP contribution in [0, 0.1) is 0 Å². The minimum atomic E-state index is -0.232. The normalized spacial score (nSPS) is 14.1. The molecule has 0 unspecified atom stereocenters. The second kappa shape index (κ2) is 8.70. The van der Waals surface area contributed by atoms with Gasteiger partial charge in [-0.2, -0.15) is 4.37 Å². The highest BCUT2D eigenvalue weighted by Crippen LogP contribution is 2.31. The molecule has 0 aliphatic carbocycles. The molecule has 9 heteroatoms. The number of nitrogens with zero attached hydrogens (tertiary/aromatic N) is 3. The van der Waals surface area contributed by atoms with Gasteiger partial charge in [-0.05, 0) is 24.4 Å². The molecule has 1 fully saturated rings. The van der Waals surface area contributed by atoms with Crippen molar-refractivity contribution in [2.45, 2.75) is 25.8 Å². The third-order valence-electron chi connectivity index (χ3n) is 3.72. The maximum Gasteiger partial charge on any atom is 0.244 e. The number of rotatable bonds is 7. The zero-order valence-corrected chi connectivity index (χ0v) is 15.2. The van der Waals surface area contributed by atoms with Gasteiger partial charge in [-0.3, -0.25) is 9.59 Å². The predicted octanol–water partition coefficient (Wildman–Crippen LogP) is 2.39. The second-order valence-corrected chi connectivity index (χ2v) is 6.72. The van der Waals surface area contributed by atoms with Crippen LogP contribution in [0.2, 0.25) is 5.02 Å². The van der Waals surface area contributed by atoms with Gasteiger partial charge in [-0.25, -0.2) is 0 Å². The Bertz CT molecular complexity index is 561. The van der Waals surface area contributed by atoms with E-state index in [4.69, 9.17) is 27.9 Å². The van der Waals surface area contributed by atoms with E-state index in [0.717, 1.165) is 30.8 Å². The molecule has 0 aromatic carbocycles. The van der Waals surface area contributed by atoms with Crippen LogP contribution in [-0.2, 0) is 16.1 Å². The number of methoxy groups -OCH3 is 1. The van der Waals surface area contributed by atoms with Crippen molar-refractivity contribution in [3.8, 4) is 5.88 Å². The van der Waals surface area contributed by atoms with E-state index in [1.807, 2.05) is 4.90 Å². The average Bonchev–Trinajstić information content (AvgIpc) is 3.20. The third-order valence-corrected chi connectivity index (χ3v) is 5.26. The summed E-state index contributed by atoms with van der Waals surface area (Å²) in [7, 11) is 1.49. The van der Waals surface area contributed by atoms with Gasteiger partial charge in [0, 0.05) is 26.1 Å². The van der Waals surface area contributed by atoms with Crippen molar-refractivity contribution in [2.75, 3.05) is 32.6 Å². The molecule has 2 amide bonds. The number of aromatic nitrogens is 1. The van der Waals surface area contributed by atoms with Gasteiger partial charge >= 0.3 is 0 Å². The number of likely N-dealkylation sites (tertiary alicyclic amines) is 1. The molecule has 23 heavy (non-hydrogen) atoms. The summed E-state index contributed by atoms with van der Waals surface area (Å²) < 4.78 is 9.11. The minimum Gasteiger partial charge on any atom is -0.479 e. The van der Waals surface area contributed by atoms with Crippen LogP contribution in [0.5, 0.6) is 5.88 Å². The molecule has 1 aliphatic heterocycles. The summed E-state index contributed by atoms with van der Waals surface area (Å²) in [6.45, 7) is 2.20. The van der Waals surface area contributed by atoms with Crippen molar-refractivity contribution in [3.05, 3.63) is 9.90 Å². The van der Waals surface area contributed by atoms with Crippen molar-refractivity contribution in [1.29, 1.82) is 0 Å². The highest BCUT2D eigenvalue weighted by Gasteiger charge is 2.22. The second-order valence-electron chi connectivity index (χ2n) is 5.22. The number of hydrogen-bond donors (Lipinski definition) is 0. The van der Waals surface area contributed by atoms with E-state index in [-0.39, 0.29) is 30.7 Å². The zero-order valence-electron chi connectivity index (χ0n) is 12.9.